The normalized spacial score (nSPS) is 19.5. The molecule has 0 saturated heterocycles. The van der Waals surface area contributed by atoms with Gasteiger partial charge in [-0.05, 0) is 50.3 Å². The molecule has 0 atom stereocenters. The second kappa shape index (κ2) is 7.91. The average molecular weight is 425 g/mol. The molecule has 1 fully saturated rings. The molecule has 1 aliphatic heterocycles. The fraction of sp³-hybridized carbons (Fsp3) is 0.417. The highest BCUT2D eigenvalue weighted by Crippen LogP contribution is 2.44. The van der Waals surface area contributed by atoms with Gasteiger partial charge in [0.05, 0.1) is 16.5 Å². The topological polar surface area (TPSA) is 58.6 Å². The van der Waals surface area contributed by atoms with E-state index in [9.17, 15) is 9.59 Å². The van der Waals surface area contributed by atoms with Gasteiger partial charge in [-0.3, -0.25) is 9.59 Å². The standard InChI is InChI=1S/C24H28N2O3S/c1-4-13-26-18-10-9-17(15-19(18)29-16-23(2,3)22(26)28)25-21(27)24(11-5-6-12-24)20-8-7-14-30-20/h4,7-10,14-15H,1,5-6,11-13,16H2,2-3H3,(H,25,27). The van der Waals surface area contributed by atoms with Crippen LogP contribution in [0.2, 0.25) is 0 Å². The molecule has 0 radical (unpaired) electrons. The summed E-state index contributed by atoms with van der Waals surface area (Å²) in [4.78, 5) is 29.2. The predicted molar refractivity (Wildman–Crippen MR) is 121 cm³/mol. The van der Waals surface area contributed by atoms with Crippen LogP contribution < -0.4 is 15.0 Å². The number of rotatable bonds is 5. The lowest BCUT2D eigenvalue weighted by Crippen LogP contribution is -2.42. The number of carbonyl (C=O) groups excluding carboxylic acids is 2. The van der Waals surface area contributed by atoms with E-state index < -0.39 is 10.8 Å². The van der Waals surface area contributed by atoms with E-state index in [-0.39, 0.29) is 18.4 Å². The zero-order valence-corrected chi connectivity index (χ0v) is 18.4. The molecular formula is C24H28N2O3S. The molecule has 0 spiro atoms. The maximum Gasteiger partial charge on any atom is 0.236 e. The van der Waals surface area contributed by atoms with E-state index in [4.69, 9.17) is 4.74 Å². The quantitative estimate of drug-likeness (QED) is 0.677. The van der Waals surface area contributed by atoms with Crippen molar-refractivity contribution in [2.75, 3.05) is 23.4 Å². The van der Waals surface area contributed by atoms with Gasteiger partial charge in [0.2, 0.25) is 11.8 Å². The summed E-state index contributed by atoms with van der Waals surface area (Å²) in [5.74, 6) is 0.640. The van der Waals surface area contributed by atoms with Crippen LogP contribution in [0.25, 0.3) is 0 Å². The zero-order valence-electron chi connectivity index (χ0n) is 17.6. The molecule has 30 heavy (non-hydrogen) atoms. The lowest BCUT2D eigenvalue weighted by molar-refractivity contribution is -0.127. The number of anilines is 2. The van der Waals surface area contributed by atoms with Gasteiger partial charge in [-0.1, -0.05) is 25.0 Å². The number of fused-ring (bicyclic) bond motifs is 1. The number of benzene rings is 1. The van der Waals surface area contributed by atoms with Crippen LogP contribution in [0.5, 0.6) is 5.75 Å². The van der Waals surface area contributed by atoms with Crippen LogP contribution in [-0.2, 0) is 15.0 Å². The Morgan fingerprint density at radius 2 is 2.07 bits per heavy atom. The zero-order chi connectivity index (χ0) is 21.4. The molecule has 2 amide bonds. The number of nitrogens with one attached hydrogen (secondary N) is 1. The molecule has 5 nitrogen and oxygen atoms in total. The third-order valence-corrected chi connectivity index (χ3v) is 7.19. The first-order chi connectivity index (χ1) is 14.4. The van der Waals surface area contributed by atoms with Crippen LogP contribution in [0.4, 0.5) is 11.4 Å². The minimum atomic E-state index is -0.640. The Kier molecular flexibility index (Phi) is 5.45. The van der Waals surface area contributed by atoms with Crippen molar-refractivity contribution in [3.05, 3.63) is 53.2 Å². The molecule has 0 bridgehead atoms. The molecule has 2 aliphatic rings. The minimum Gasteiger partial charge on any atom is -0.490 e. The number of ether oxygens (including phenoxy) is 1. The van der Waals surface area contributed by atoms with E-state index in [0.29, 0.717) is 23.7 Å². The van der Waals surface area contributed by atoms with E-state index in [1.807, 2.05) is 43.5 Å². The average Bonchev–Trinajstić information content (AvgIpc) is 3.41. The fourth-order valence-corrected chi connectivity index (χ4v) is 5.38. The Hall–Kier alpha value is -2.60. The molecule has 1 aliphatic carbocycles. The lowest BCUT2D eigenvalue weighted by atomic mass is 9.83. The van der Waals surface area contributed by atoms with Crippen molar-refractivity contribution in [2.45, 2.75) is 44.9 Å². The van der Waals surface area contributed by atoms with Crippen LogP contribution in [0.15, 0.2) is 48.4 Å². The summed E-state index contributed by atoms with van der Waals surface area (Å²) in [5, 5.41) is 5.16. The maximum atomic E-state index is 13.4. The highest BCUT2D eigenvalue weighted by molar-refractivity contribution is 7.10. The third-order valence-electron chi connectivity index (χ3n) is 6.12. The number of thiophene rings is 1. The Labute approximate surface area is 181 Å². The van der Waals surface area contributed by atoms with Gasteiger partial charge in [-0.2, -0.15) is 0 Å². The van der Waals surface area contributed by atoms with E-state index in [1.54, 1.807) is 22.3 Å². The second-order valence-electron chi connectivity index (χ2n) is 8.78. The van der Waals surface area contributed by atoms with Crippen LogP contribution in [0.3, 0.4) is 0 Å². The first-order valence-electron chi connectivity index (χ1n) is 10.4. The predicted octanol–water partition coefficient (Wildman–Crippen LogP) is 5.14. The second-order valence-corrected chi connectivity index (χ2v) is 9.73. The molecule has 2 aromatic rings. The SMILES string of the molecule is C=CCN1C(=O)C(C)(C)COc2cc(NC(=O)C3(c4cccs4)CCCC3)ccc21. The molecule has 6 heteroatoms. The number of amides is 2. The van der Waals surface area contributed by atoms with Gasteiger partial charge in [0, 0.05) is 23.2 Å². The lowest BCUT2D eigenvalue weighted by Gasteiger charge is -2.27. The number of hydrogen-bond acceptors (Lipinski definition) is 4. The molecule has 4 rings (SSSR count). The Morgan fingerprint density at radius 3 is 2.73 bits per heavy atom. The largest absolute Gasteiger partial charge is 0.490 e. The van der Waals surface area contributed by atoms with Gasteiger partial charge < -0.3 is 15.0 Å². The summed E-state index contributed by atoms with van der Waals surface area (Å²) >= 11 is 1.65. The van der Waals surface area contributed by atoms with Gasteiger partial charge in [0.1, 0.15) is 12.4 Å². The molecule has 158 valence electrons. The van der Waals surface area contributed by atoms with Crippen molar-refractivity contribution in [2.24, 2.45) is 5.41 Å². The van der Waals surface area contributed by atoms with E-state index in [1.165, 1.54) is 0 Å². The highest BCUT2D eigenvalue weighted by atomic mass is 32.1. The van der Waals surface area contributed by atoms with Crippen molar-refractivity contribution in [3.63, 3.8) is 0 Å². The van der Waals surface area contributed by atoms with Gasteiger partial charge in [-0.15, -0.1) is 17.9 Å². The van der Waals surface area contributed by atoms with Gasteiger partial charge in [-0.25, -0.2) is 0 Å². The van der Waals surface area contributed by atoms with Crippen molar-refractivity contribution in [3.8, 4) is 5.75 Å². The van der Waals surface area contributed by atoms with E-state index in [0.717, 1.165) is 30.6 Å². The summed E-state index contributed by atoms with van der Waals surface area (Å²) in [6, 6.07) is 9.60. The number of hydrogen-bond donors (Lipinski definition) is 1. The van der Waals surface area contributed by atoms with Gasteiger partial charge in [0.25, 0.3) is 0 Å². The Bertz CT molecular complexity index is 959. The summed E-state index contributed by atoms with van der Waals surface area (Å²) < 4.78 is 6.01. The van der Waals surface area contributed by atoms with Crippen LogP contribution >= 0.6 is 11.3 Å². The Morgan fingerprint density at radius 1 is 1.30 bits per heavy atom. The molecule has 1 aromatic carbocycles. The first-order valence-corrected chi connectivity index (χ1v) is 11.3. The van der Waals surface area contributed by atoms with E-state index in [2.05, 4.69) is 18.0 Å². The van der Waals surface area contributed by atoms with Crippen LogP contribution in [-0.4, -0.2) is 25.0 Å². The van der Waals surface area contributed by atoms with Gasteiger partial charge in [0.15, 0.2) is 0 Å². The monoisotopic (exact) mass is 424 g/mol. The summed E-state index contributed by atoms with van der Waals surface area (Å²) in [6.07, 6.45) is 5.58. The molecule has 2 heterocycles. The highest BCUT2D eigenvalue weighted by Gasteiger charge is 2.44. The van der Waals surface area contributed by atoms with Crippen molar-refractivity contribution in [1.82, 2.24) is 0 Å². The van der Waals surface area contributed by atoms with Crippen molar-refractivity contribution >= 4 is 34.5 Å². The third kappa shape index (κ3) is 3.54. The van der Waals surface area contributed by atoms with Crippen LogP contribution in [0.1, 0.15) is 44.4 Å². The summed E-state index contributed by atoms with van der Waals surface area (Å²) in [7, 11) is 0. The fourth-order valence-electron chi connectivity index (χ4n) is 4.40. The molecule has 1 aromatic heterocycles. The number of nitrogens with zero attached hydrogens (tertiary/aromatic N) is 1. The van der Waals surface area contributed by atoms with Gasteiger partial charge >= 0.3 is 0 Å². The van der Waals surface area contributed by atoms with Crippen molar-refractivity contribution < 1.29 is 14.3 Å². The molecule has 1 saturated carbocycles. The molecular weight excluding hydrogens is 396 g/mol. The Balaban J connectivity index is 1.63. The smallest absolute Gasteiger partial charge is 0.236 e. The number of carbonyl (C=O) groups is 2. The van der Waals surface area contributed by atoms with E-state index >= 15 is 0 Å². The molecule has 1 N–H and O–H groups in total. The molecule has 0 unspecified atom stereocenters. The first kappa shape index (κ1) is 20.7. The summed E-state index contributed by atoms with van der Waals surface area (Å²) in [5.41, 5.74) is 0.303. The maximum absolute atomic E-state index is 13.4. The minimum absolute atomic E-state index is 0.000500. The van der Waals surface area contributed by atoms with Crippen LogP contribution in [0, 0.1) is 5.41 Å². The van der Waals surface area contributed by atoms with Crippen molar-refractivity contribution in [1.29, 1.82) is 0 Å². The summed E-state index contributed by atoms with van der Waals surface area (Å²) in [6.45, 7) is 8.23.